The Balaban J connectivity index is 1.90. The molecule has 0 spiro atoms. The quantitative estimate of drug-likeness (QED) is 0.660. The van der Waals surface area contributed by atoms with E-state index in [4.69, 9.17) is 0 Å². The van der Waals surface area contributed by atoms with Gasteiger partial charge in [-0.15, -0.1) is 10.2 Å². The molecule has 0 fully saturated rings. The maximum absolute atomic E-state index is 12.9. The molecule has 1 aromatic carbocycles. The fourth-order valence-corrected chi connectivity index (χ4v) is 2.76. The molecule has 3 aromatic rings. The minimum Gasteiger partial charge on any atom is -0.345 e. The summed E-state index contributed by atoms with van der Waals surface area (Å²) in [5, 5.41) is 9.96. The summed E-state index contributed by atoms with van der Waals surface area (Å²) >= 11 is 0. The van der Waals surface area contributed by atoms with Gasteiger partial charge in [-0.3, -0.25) is 9.20 Å². The highest BCUT2D eigenvalue weighted by atomic mass is 19.4. The van der Waals surface area contributed by atoms with Crippen LogP contribution in [0, 0.1) is 13.8 Å². The number of hydrogen-bond donors (Lipinski definition) is 1. The lowest BCUT2D eigenvalue weighted by Gasteiger charge is -2.14. The number of benzene rings is 1. The van der Waals surface area contributed by atoms with Gasteiger partial charge in [-0.1, -0.05) is 0 Å². The minimum absolute atomic E-state index is 0.0415. The summed E-state index contributed by atoms with van der Waals surface area (Å²) in [6.07, 6.45) is -10.1. The zero-order valence-corrected chi connectivity index (χ0v) is 15.0. The number of aromatic nitrogens is 4. The fraction of sp³-hybridized carbons (Fsp3) is 0.294. The van der Waals surface area contributed by atoms with Crippen molar-refractivity contribution in [2.45, 2.75) is 32.7 Å². The molecule has 0 saturated carbocycles. The van der Waals surface area contributed by atoms with Gasteiger partial charge in [0.25, 0.3) is 11.7 Å². The highest BCUT2D eigenvalue weighted by molar-refractivity contribution is 5.94. The predicted molar refractivity (Wildman–Crippen MR) is 87.9 cm³/mol. The van der Waals surface area contributed by atoms with Crippen LogP contribution in [-0.2, 0) is 18.9 Å². The molecular formula is C17H13F6N5O. The number of aryl methyl sites for hydroxylation is 2. The van der Waals surface area contributed by atoms with Crippen molar-refractivity contribution in [3.8, 4) is 0 Å². The van der Waals surface area contributed by atoms with Gasteiger partial charge in [0.1, 0.15) is 0 Å². The van der Waals surface area contributed by atoms with Gasteiger partial charge in [0.15, 0.2) is 5.82 Å². The van der Waals surface area contributed by atoms with Crippen molar-refractivity contribution in [2.75, 3.05) is 0 Å². The maximum atomic E-state index is 12.9. The first kappa shape index (κ1) is 20.6. The van der Waals surface area contributed by atoms with Crippen LogP contribution in [0.3, 0.4) is 0 Å². The Kier molecular flexibility index (Phi) is 4.97. The number of rotatable bonds is 3. The number of nitrogens with one attached hydrogen (secondary N) is 1. The molecule has 0 saturated heterocycles. The van der Waals surface area contributed by atoms with E-state index in [2.05, 4.69) is 20.5 Å². The molecule has 6 nitrogen and oxygen atoms in total. The molecule has 1 amide bonds. The number of carbonyl (C=O) groups excluding carboxylic acids is 1. The average molecular weight is 417 g/mol. The summed E-state index contributed by atoms with van der Waals surface area (Å²) in [6.45, 7) is 3.21. The van der Waals surface area contributed by atoms with Gasteiger partial charge in [-0.2, -0.15) is 26.3 Å². The molecule has 12 heteroatoms. The smallest absolute Gasteiger partial charge is 0.345 e. The molecule has 0 aliphatic rings. The van der Waals surface area contributed by atoms with Crippen molar-refractivity contribution in [1.82, 2.24) is 24.9 Å². The number of alkyl halides is 6. The van der Waals surface area contributed by atoms with Crippen molar-refractivity contribution in [2.24, 2.45) is 0 Å². The lowest BCUT2D eigenvalue weighted by Crippen LogP contribution is -2.25. The first-order valence-corrected chi connectivity index (χ1v) is 8.12. The average Bonchev–Trinajstić information content (AvgIpc) is 3.00. The lowest BCUT2D eigenvalue weighted by molar-refractivity contribution is -0.143. The second kappa shape index (κ2) is 7.01. The number of halogens is 6. The number of carbonyl (C=O) groups is 1. The fourth-order valence-electron chi connectivity index (χ4n) is 2.76. The first-order valence-electron chi connectivity index (χ1n) is 8.12. The monoisotopic (exact) mass is 417 g/mol. The normalized spacial score (nSPS) is 12.4. The van der Waals surface area contributed by atoms with Gasteiger partial charge >= 0.3 is 12.4 Å². The van der Waals surface area contributed by atoms with Crippen LogP contribution in [0.2, 0.25) is 0 Å². The van der Waals surface area contributed by atoms with E-state index >= 15 is 0 Å². The third kappa shape index (κ3) is 4.30. The van der Waals surface area contributed by atoms with Gasteiger partial charge in [-0.05, 0) is 38.1 Å². The zero-order chi connectivity index (χ0) is 21.6. The Hall–Kier alpha value is -3.18. The Bertz CT molecular complexity index is 1050. The maximum Gasteiger partial charge on any atom is 0.416 e. The number of nitrogens with zero attached hydrogens (tertiary/aromatic N) is 4. The van der Waals surface area contributed by atoms with Crippen molar-refractivity contribution in [3.05, 3.63) is 58.2 Å². The van der Waals surface area contributed by atoms with E-state index in [1.807, 2.05) is 0 Å². The van der Waals surface area contributed by atoms with Crippen LogP contribution in [0.1, 0.15) is 38.7 Å². The molecule has 1 N–H and O–H groups in total. The Morgan fingerprint density at radius 2 is 1.55 bits per heavy atom. The summed E-state index contributed by atoms with van der Waals surface area (Å²) in [5.41, 5.74) is -2.53. The summed E-state index contributed by atoms with van der Waals surface area (Å²) < 4.78 is 79.1. The van der Waals surface area contributed by atoms with Crippen molar-refractivity contribution >= 4 is 11.7 Å². The Labute approximate surface area is 159 Å². The van der Waals surface area contributed by atoms with Gasteiger partial charge < -0.3 is 5.32 Å². The van der Waals surface area contributed by atoms with Crippen LogP contribution in [0.5, 0.6) is 0 Å². The summed E-state index contributed by atoms with van der Waals surface area (Å²) in [7, 11) is 0. The SMILES string of the molecule is Cc1cc(C)n2c(CNC(=O)c3cc(C(F)(F)F)cc(C(F)(F)F)c3)nnc2n1. The standard InChI is InChI=1S/C17H13F6N5O/c1-8-3-9(2)28-13(26-27-15(28)25-8)7-24-14(29)10-4-11(16(18,19)20)6-12(5-10)17(21,22)23/h3-6H,7H2,1-2H3,(H,24,29). The van der Waals surface area contributed by atoms with E-state index in [0.29, 0.717) is 23.5 Å². The molecule has 0 bridgehead atoms. The molecular weight excluding hydrogens is 404 g/mol. The summed E-state index contributed by atoms with van der Waals surface area (Å²) in [4.78, 5) is 16.4. The van der Waals surface area contributed by atoms with Crippen LogP contribution in [0.25, 0.3) is 5.78 Å². The molecule has 0 atom stereocenters. The predicted octanol–water partition coefficient (Wildman–Crippen LogP) is 3.71. The summed E-state index contributed by atoms with van der Waals surface area (Å²) in [6, 6.07) is 2.41. The van der Waals surface area contributed by atoms with E-state index in [9.17, 15) is 31.1 Å². The molecule has 0 unspecified atom stereocenters. The highest BCUT2D eigenvalue weighted by Gasteiger charge is 2.37. The van der Waals surface area contributed by atoms with Crippen LogP contribution in [0.4, 0.5) is 26.3 Å². The van der Waals surface area contributed by atoms with Crippen molar-refractivity contribution in [3.63, 3.8) is 0 Å². The Morgan fingerprint density at radius 1 is 0.966 bits per heavy atom. The first-order chi connectivity index (χ1) is 13.4. The van der Waals surface area contributed by atoms with Crippen molar-refractivity contribution < 1.29 is 31.1 Å². The second-order valence-electron chi connectivity index (χ2n) is 6.27. The Morgan fingerprint density at radius 3 is 2.10 bits per heavy atom. The molecule has 0 radical (unpaired) electrons. The minimum atomic E-state index is -5.04. The van der Waals surface area contributed by atoms with Crippen LogP contribution >= 0.6 is 0 Å². The number of fused-ring (bicyclic) bond motifs is 1. The molecule has 154 valence electrons. The van der Waals surface area contributed by atoms with Crippen molar-refractivity contribution in [1.29, 1.82) is 0 Å². The van der Waals surface area contributed by atoms with Crippen LogP contribution < -0.4 is 5.32 Å². The van der Waals surface area contributed by atoms with Gasteiger partial charge in [-0.25, -0.2) is 4.98 Å². The van der Waals surface area contributed by atoms with Crippen LogP contribution in [0.15, 0.2) is 24.3 Å². The highest BCUT2D eigenvalue weighted by Crippen LogP contribution is 2.36. The van der Waals surface area contributed by atoms with Gasteiger partial charge in [0.2, 0.25) is 0 Å². The third-order valence-corrected chi connectivity index (χ3v) is 4.02. The van der Waals surface area contributed by atoms with Crippen LogP contribution in [-0.4, -0.2) is 25.5 Å². The molecule has 2 heterocycles. The molecule has 29 heavy (non-hydrogen) atoms. The van der Waals surface area contributed by atoms with E-state index in [1.54, 1.807) is 19.9 Å². The third-order valence-electron chi connectivity index (χ3n) is 4.02. The van der Waals surface area contributed by atoms with E-state index < -0.39 is 35.0 Å². The largest absolute Gasteiger partial charge is 0.416 e. The van der Waals surface area contributed by atoms with E-state index in [1.165, 1.54) is 4.40 Å². The molecule has 0 aliphatic heterocycles. The molecule has 3 rings (SSSR count). The topological polar surface area (TPSA) is 72.2 Å². The van der Waals surface area contributed by atoms with E-state index in [0.717, 1.165) is 0 Å². The summed E-state index contributed by atoms with van der Waals surface area (Å²) in [5.74, 6) is -0.636. The van der Waals surface area contributed by atoms with Gasteiger partial charge in [0, 0.05) is 17.0 Å². The lowest BCUT2D eigenvalue weighted by atomic mass is 10.0. The zero-order valence-electron chi connectivity index (χ0n) is 15.0. The molecule has 0 aliphatic carbocycles. The second-order valence-corrected chi connectivity index (χ2v) is 6.27. The van der Waals surface area contributed by atoms with Gasteiger partial charge in [0.05, 0.1) is 17.7 Å². The number of hydrogen-bond acceptors (Lipinski definition) is 4. The number of amides is 1. The molecule has 2 aromatic heterocycles. The van der Waals surface area contributed by atoms with E-state index in [-0.39, 0.29) is 24.2 Å².